The lowest BCUT2D eigenvalue weighted by Crippen LogP contribution is -2.41. The maximum absolute atomic E-state index is 13.4. The van der Waals surface area contributed by atoms with E-state index in [0.29, 0.717) is 17.1 Å². The summed E-state index contributed by atoms with van der Waals surface area (Å²) in [6.07, 6.45) is 7.63. The monoisotopic (exact) mass is 388 g/mol. The molecule has 28 heavy (non-hydrogen) atoms. The van der Waals surface area contributed by atoms with Crippen molar-refractivity contribution in [1.29, 1.82) is 0 Å². The summed E-state index contributed by atoms with van der Waals surface area (Å²) in [4.78, 5) is 19.0. The molecule has 1 aromatic heterocycles. The van der Waals surface area contributed by atoms with E-state index < -0.39 is 0 Å². The minimum atomic E-state index is -0.111. The standard InChI is InChI=1S/C24H21ClN2O/c25-18-12-10-17(11-13-18)24(28)27-15-14-20-19-8-4-5-9-21(19)26-22(20)23(27)16-6-2-1-3-7-16/h1-3,6-13,23,26H,4-5,14-15H2. The van der Waals surface area contributed by atoms with Crippen LogP contribution in [0.2, 0.25) is 5.02 Å². The SMILES string of the molecule is O=C(c1ccc(Cl)cc1)N1CCc2c([nH]c3c2=CCCC=3)C1c1ccccc1. The molecular formula is C24H21ClN2O. The van der Waals surface area contributed by atoms with Crippen LogP contribution in [-0.2, 0) is 6.42 Å². The number of amides is 1. The molecule has 4 heteroatoms. The minimum absolute atomic E-state index is 0.0386. The van der Waals surface area contributed by atoms with Gasteiger partial charge in [-0.05, 0) is 59.9 Å². The Balaban J connectivity index is 1.65. The van der Waals surface area contributed by atoms with Crippen LogP contribution in [0.4, 0.5) is 0 Å². The van der Waals surface area contributed by atoms with E-state index in [1.807, 2.05) is 35.2 Å². The fourth-order valence-corrected chi connectivity index (χ4v) is 4.55. The van der Waals surface area contributed by atoms with Gasteiger partial charge in [-0.3, -0.25) is 4.79 Å². The molecule has 1 unspecified atom stereocenters. The number of carbonyl (C=O) groups is 1. The quantitative estimate of drug-likeness (QED) is 0.712. The van der Waals surface area contributed by atoms with E-state index in [9.17, 15) is 4.79 Å². The molecule has 0 bridgehead atoms. The molecule has 1 aliphatic carbocycles. The molecule has 0 radical (unpaired) electrons. The maximum atomic E-state index is 13.4. The topological polar surface area (TPSA) is 36.1 Å². The van der Waals surface area contributed by atoms with Gasteiger partial charge in [0.2, 0.25) is 0 Å². The van der Waals surface area contributed by atoms with Gasteiger partial charge in [-0.2, -0.15) is 0 Å². The average Bonchev–Trinajstić information content (AvgIpc) is 3.12. The number of aromatic amines is 1. The molecule has 0 spiro atoms. The highest BCUT2D eigenvalue weighted by atomic mass is 35.5. The van der Waals surface area contributed by atoms with Gasteiger partial charge in [-0.1, -0.05) is 54.1 Å². The molecule has 1 N–H and O–H groups in total. The van der Waals surface area contributed by atoms with Gasteiger partial charge < -0.3 is 9.88 Å². The zero-order valence-corrected chi connectivity index (χ0v) is 16.2. The van der Waals surface area contributed by atoms with Crippen molar-refractivity contribution >= 4 is 29.7 Å². The van der Waals surface area contributed by atoms with Gasteiger partial charge in [0.25, 0.3) is 5.91 Å². The zero-order valence-electron chi connectivity index (χ0n) is 15.5. The van der Waals surface area contributed by atoms with Crippen molar-refractivity contribution in [1.82, 2.24) is 9.88 Å². The summed E-state index contributed by atoms with van der Waals surface area (Å²) in [7, 11) is 0. The number of rotatable bonds is 2. The second-order valence-electron chi connectivity index (χ2n) is 7.40. The predicted molar refractivity (Wildman–Crippen MR) is 113 cm³/mol. The van der Waals surface area contributed by atoms with Crippen LogP contribution in [0.5, 0.6) is 0 Å². The summed E-state index contributed by atoms with van der Waals surface area (Å²) >= 11 is 6.01. The lowest BCUT2D eigenvalue weighted by atomic mass is 9.92. The first kappa shape index (κ1) is 17.3. The number of hydrogen-bond donors (Lipinski definition) is 1. The van der Waals surface area contributed by atoms with Crippen LogP contribution in [0.15, 0.2) is 54.6 Å². The normalized spacial score (nSPS) is 17.9. The molecule has 0 saturated heterocycles. The molecule has 3 nitrogen and oxygen atoms in total. The van der Waals surface area contributed by atoms with Crippen LogP contribution in [0.1, 0.15) is 46.1 Å². The van der Waals surface area contributed by atoms with Crippen molar-refractivity contribution < 1.29 is 4.79 Å². The molecule has 1 aliphatic heterocycles. The van der Waals surface area contributed by atoms with Crippen LogP contribution in [0.3, 0.4) is 0 Å². The van der Waals surface area contributed by atoms with E-state index >= 15 is 0 Å². The average molecular weight is 389 g/mol. The number of fused-ring (bicyclic) bond motifs is 3. The Bertz CT molecular complexity index is 1150. The largest absolute Gasteiger partial charge is 0.356 e. The molecule has 5 rings (SSSR count). The molecule has 2 aliphatic rings. The molecule has 2 heterocycles. The number of H-pyrrole nitrogens is 1. The van der Waals surface area contributed by atoms with Gasteiger partial charge in [0, 0.05) is 28.2 Å². The first-order chi connectivity index (χ1) is 13.7. The number of aromatic nitrogens is 1. The van der Waals surface area contributed by atoms with Crippen LogP contribution >= 0.6 is 11.6 Å². The van der Waals surface area contributed by atoms with Crippen molar-refractivity contribution in [2.45, 2.75) is 25.3 Å². The molecule has 3 aromatic rings. The van der Waals surface area contributed by atoms with Crippen molar-refractivity contribution in [3.05, 3.63) is 92.6 Å². The van der Waals surface area contributed by atoms with Gasteiger partial charge in [-0.25, -0.2) is 0 Å². The van der Waals surface area contributed by atoms with Gasteiger partial charge in [0.1, 0.15) is 0 Å². The number of nitrogens with zero attached hydrogens (tertiary/aromatic N) is 1. The van der Waals surface area contributed by atoms with Gasteiger partial charge >= 0.3 is 0 Å². The van der Waals surface area contributed by atoms with Crippen molar-refractivity contribution in [3.8, 4) is 0 Å². The Labute approximate surface area is 169 Å². The summed E-state index contributed by atoms with van der Waals surface area (Å²) in [6, 6.07) is 17.4. The second-order valence-corrected chi connectivity index (χ2v) is 7.84. The molecular weight excluding hydrogens is 368 g/mol. The Hall–Kier alpha value is -2.78. The smallest absolute Gasteiger partial charge is 0.254 e. The second kappa shape index (κ2) is 6.99. The number of nitrogens with one attached hydrogen (secondary N) is 1. The molecule has 140 valence electrons. The van der Waals surface area contributed by atoms with E-state index in [1.165, 1.54) is 16.1 Å². The maximum Gasteiger partial charge on any atom is 0.254 e. The van der Waals surface area contributed by atoms with E-state index in [-0.39, 0.29) is 11.9 Å². The Morgan fingerprint density at radius 3 is 2.54 bits per heavy atom. The van der Waals surface area contributed by atoms with Gasteiger partial charge in [-0.15, -0.1) is 0 Å². The third-order valence-electron chi connectivity index (χ3n) is 5.73. The Morgan fingerprint density at radius 2 is 1.75 bits per heavy atom. The number of carbonyl (C=O) groups excluding carboxylic acids is 1. The van der Waals surface area contributed by atoms with Crippen molar-refractivity contribution in [2.75, 3.05) is 6.54 Å². The van der Waals surface area contributed by atoms with Gasteiger partial charge in [0.05, 0.1) is 6.04 Å². The number of benzene rings is 2. The molecule has 0 saturated carbocycles. The summed E-state index contributed by atoms with van der Waals surface area (Å²) < 4.78 is 0. The third kappa shape index (κ3) is 2.87. The van der Waals surface area contributed by atoms with Crippen molar-refractivity contribution in [2.24, 2.45) is 0 Å². The number of hydrogen-bond acceptors (Lipinski definition) is 1. The molecule has 0 fully saturated rings. The van der Waals surface area contributed by atoms with Gasteiger partial charge in [0.15, 0.2) is 0 Å². The predicted octanol–water partition coefficient (Wildman–Crippen LogP) is 3.81. The Morgan fingerprint density at radius 1 is 1.00 bits per heavy atom. The fourth-order valence-electron chi connectivity index (χ4n) is 4.42. The molecule has 1 atom stereocenters. The lowest BCUT2D eigenvalue weighted by molar-refractivity contribution is 0.0691. The van der Waals surface area contributed by atoms with Crippen LogP contribution < -0.4 is 10.6 Å². The summed E-state index contributed by atoms with van der Waals surface area (Å²) in [5.41, 5.74) is 4.31. The van der Waals surface area contributed by atoms with Crippen LogP contribution in [-0.4, -0.2) is 22.3 Å². The highest BCUT2D eigenvalue weighted by Crippen LogP contribution is 2.33. The highest BCUT2D eigenvalue weighted by molar-refractivity contribution is 6.30. The van der Waals surface area contributed by atoms with E-state index in [4.69, 9.17) is 11.6 Å². The van der Waals surface area contributed by atoms with E-state index in [1.54, 1.807) is 12.1 Å². The summed E-state index contributed by atoms with van der Waals surface area (Å²) in [5, 5.41) is 3.18. The van der Waals surface area contributed by atoms with Crippen LogP contribution in [0, 0.1) is 0 Å². The molecule has 2 aromatic carbocycles. The number of halogens is 1. The minimum Gasteiger partial charge on any atom is -0.356 e. The zero-order chi connectivity index (χ0) is 19.1. The summed E-state index contributed by atoms with van der Waals surface area (Å²) in [6.45, 7) is 0.701. The first-order valence-corrected chi connectivity index (χ1v) is 10.1. The van der Waals surface area contributed by atoms with E-state index in [0.717, 1.165) is 30.5 Å². The van der Waals surface area contributed by atoms with E-state index in [2.05, 4.69) is 29.3 Å². The summed E-state index contributed by atoms with van der Waals surface area (Å²) in [5.74, 6) is 0.0386. The van der Waals surface area contributed by atoms with Crippen molar-refractivity contribution in [3.63, 3.8) is 0 Å². The lowest BCUT2D eigenvalue weighted by Gasteiger charge is -2.36. The third-order valence-corrected chi connectivity index (χ3v) is 5.98. The highest BCUT2D eigenvalue weighted by Gasteiger charge is 2.34. The van der Waals surface area contributed by atoms with Crippen LogP contribution in [0.25, 0.3) is 12.2 Å². The molecule has 1 amide bonds. The Kier molecular flexibility index (Phi) is 4.33. The fraction of sp³-hybridized carbons (Fsp3) is 0.208. The first-order valence-electron chi connectivity index (χ1n) is 9.75.